The molecule has 3 unspecified atom stereocenters. The first-order chi connectivity index (χ1) is 12.5. The third-order valence-corrected chi connectivity index (χ3v) is 6.32. The molecule has 142 valence electrons. The lowest BCUT2D eigenvalue weighted by Crippen LogP contribution is -2.55. The average molecular weight is 379 g/mol. The SMILES string of the molecule is COc1ccc(CN2CC(O)C[C@H](SC3NC(=O)NCC3C)C2=O)cc1. The second-order valence-electron chi connectivity index (χ2n) is 6.83. The Morgan fingerprint density at radius 3 is 2.73 bits per heavy atom. The maximum absolute atomic E-state index is 12.9. The average Bonchev–Trinajstić information content (AvgIpc) is 2.62. The predicted molar refractivity (Wildman–Crippen MR) is 99.9 cm³/mol. The summed E-state index contributed by atoms with van der Waals surface area (Å²) in [5.41, 5.74) is 0.987. The third-order valence-electron chi connectivity index (χ3n) is 4.72. The molecule has 0 radical (unpaired) electrons. The minimum Gasteiger partial charge on any atom is -0.497 e. The van der Waals surface area contributed by atoms with Gasteiger partial charge < -0.3 is 25.4 Å². The number of rotatable bonds is 5. The van der Waals surface area contributed by atoms with E-state index in [9.17, 15) is 14.7 Å². The molecule has 0 aromatic heterocycles. The first kappa shape index (κ1) is 18.8. The zero-order chi connectivity index (χ0) is 18.7. The minimum atomic E-state index is -0.559. The number of β-amino-alcohol motifs (C(OH)–C–C–N with tert-alkyl or cyclic N) is 1. The van der Waals surface area contributed by atoms with Crippen LogP contribution in [0.4, 0.5) is 4.79 Å². The van der Waals surface area contributed by atoms with Crippen LogP contribution in [-0.2, 0) is 11.3 Å². The highest BCUT2D eigenvalue weighted by molar-refractivity contribution is 8.01. The second kappa shape index (κ2) is 8.18. The van der Waals surface area contributed by atoms with Crippen LogP contribution in [0.5, 0.6) is 5.75 Å². The number of aliphatic hydroxyl groups excluding tert-OH is 1. The van der Waals surface area contributed by atoms with Crippen LogP contribution in [0.3, 0.4) is 0 Å². The number of amides is 3. The van der Waals surface area contributed by atoms with Gasteiger partial charge in [-0.25, -0.2) is 4.79 Å². The van der Waals surface area contributed by atoms with Gasteiger partial charge >= 0.3 is 6.03 Å². The smallest absolute Gasteiger partial charge is 0.315 e. The van der Waals surface area contributed by atoms with E-state index < -0.39 is 6.10 Å². The van der Waals surface area contributed by atoms with Gasteiger partial charge in [0.15, 0.2) is 0 Å². The molecular weight excluding hydrogens is 354 g/mol. The molecule has 4 atom stereocenters. The normalized spacial score (nSPS) is 29.1. The number of ether oxygens (including phenoxy) is 1. The van der Waals surface area contributed by atoms with E-state index in [2.05, 4.69) is 10.6 Å². The summed E-state index contributed by atoms with van der Waals surface area (Å²) in [6.07, 6.45) is -0.147. The second-order valence-corrected chi connectivity index (χ2v) is 8.18. The van der Waals surface area contributed by atoms with Crippen molar-refractivity contribution in [3.05, 3.63) is 29.8 Å². The summed E-state index contributed by atoms with van der Waals surface area (Å²) >= 11 is 1.44. The number of aliphatic hydroxyl groups is 1. The fraction of sp³-hybridized carbons (Fsp3) is 0.556. The molecule has 0 bridgehead atoms. The maximum Gasteiger partial charge on any atom is 0.315 e. The van der Waals surface area contributed by atoms with Gasteiger partial charge in [0.05, 0.1) is 23.8 Å². The van der Waals surface area contributed by atoms with E-state index in [1.54, 1.807) is 12.0 Å². The molecule has 2 fully saturated rings. The molecule has 1 aromatic carbocycles. The highest BCUT2D eigenvalue weighted by Crippen LogP contribution is 2.31. The number of likely N-dealkylation sites (tertiary alicyclic amines) is 1. The molecule has 3 N–H and O–H groups in total. The van der Waals surface area contributed by atoms with Crippen molar-refractivity contribution < 1.29 is 19.4 Å². The van der Waals surface area contributed by atoms with Gasteiger partial charge in [0.25, 0.3) is 0 Å². The number of carbonyl (C=O) groups is 2. The third kappa shape index (κ3) is 4.42. The fourth-order valence-corrected chi connectivity index (χ4v) is 4.70. The van der Waals surface area contributed by atoms with Gasteiger partial charge in [-0.15, -0.1) is 11.8 Å². The van der Waals surface area contributed by atoms with Crippen LogP contribution in [0, 0.1) is 5.92 Å². The number of methoxy groups -OCH3 is 1. The van der Waals surface area contributed by atoms with E-state index in [1.165, 1.54) is 11.8 Å². The minimum absolute atomic E-state index is 0.0103. The van der Waals surface area contributed by atoms with Gasteiger partial charge in [-0.1, -0.05) is 19.1 Å². The molecule has 0 aliphatic carbocycles. The van der Waals surface area contributed by atoms with E-state index in [4.69, 9.17) is 4.74 Å². The summed E-state index contributed by atoms with van der Waals surface area (Å²) in [6, 6.07) is 7.35. The molecule has 26 heavy (non-hydrogen) atoms. The molecule has 0 spiro atoms. The van der Waals surface area contributed by atoms with Crippen LogP contribution in [0.25, 0.3) is 0 Å². The largest absolute Gasteiger partial charge is 0.497 e. The number of nitrogens with one attached hydrogen (secondary N) is 2. The zero-order valence-corrected chi connectivity index (χ0v) is 15.8. The number of hydrogen-bond donors (Lipinski definition) is 3. The van der Waals surface area contributed by atoms with E-state index in [0.717, 1.165) is 11.3 Å². The Hall–Kier alpha value is -1.93. The molecule has 0 saturated carbocycles. The number of hydrogen-bond acceptors (Lipinski definition) is 5. The van der Waals surface area contributed by atoms with Crippen molar-refractivity contribution in [2.45, 2.75) is 36.6 Å². The van der Waals surface area contributed by atoms with Crippen LogP contribution in [0.15, 0.2) is 24.3 Å². The number of urea groups is 1. The molecule has 1 aromatic rings. The van der Waals surface area contributed by atoms with Crippen molar-refractivity contribution in [1.82, 2.24) is 15.5 Å². The lowest BCUT2D eigenvalue weighted by Gasteiger charge is -2.38. The van der Waals surface area contributed by atoms with Crippen LogP contribution in [0.1, 0.15) is 18.9 Å². The fourth-order valence-electron chi connectivity index (χ4n) is 3.21. The Labute approximate surface area is 157 Å². The molecule has 7 nitrogen and oxygen atoms in total. The number of carbonyl (C=O) groups excluding carboxylic acids is 2. The Morgan fingerprint density at radius 2 is 2.04 bits per heavy atom. The number of nitrogens with zero attached hydrogens (tertiary/aromatic N) is 1. The lowest BCUT2D eigenvalue weighted by atomic mass is 10.1. The zero-order valence-electron chi connectivity index (χ0n) is 15.0. The van der Waals surface area contributed by atoms with Gasteiger partial charge in [0.1, 0.15) is 5.75 Å². The first-order valence-electron chi connectivity index (χ1n) is 8.76. The standard InChI is InChI=1S/C18H25N3O4S/c1-11-8-19-18(24)20-16(11)26-15-7-13(22)10-21(17(15)23)9-12-3-5-14(25-2)6-4-12/h3-6,11,13,15-16,22H,7-10H2,1-2H3,(H2,19,20,24)/t11?,13?,15-,16?/m0/s1. The van der Waals surface area contributed by atoms with Crippen molar-refractivity contribution in [2.75, 3.05) is 20.2 Å². The highest BCUT2D eigenvalue weighted by atomic mass is 32.2. The number of thioether (sulfide) groups is 1. The van der Waals surface area contributed by atoms with E-state index in [0.29, 0.717) is 26.1 Å². The summed E-state index contributed by atoms with van der Waals surface area (Å²) in [5, 5.41) is 15.4. The number of benzene rings is 1. The van der Waals surface area contributed by atoms with Crippen molar-refractivity contribution in [1.29, 1.82) is 0 Å². The monoisotopic (exact) mass is 379 g/mol. The van der Waals surface area contributed by atoms with Gasteiger partial charge in [0.2, 0.25) is 5.91 Å². The summed E-state index contributed by atoms with van der Waals surface area (Å²) < 4.78 is 5.15. The first-order valence-corrected chi connectivity index (χ1v) is 9.70. The topological polar surface area (TPSA) is 90.9 Å². The lowest BCUT2D eigenvalue weighted by molar-refractivity contribution is -0.136. The van der Waals surface area contributed by atoms with E-state index in [1.807, 2.05) is 31.2 Å². The van der Waals surface area contributed by atoms with Crippen molar-refractivity contribution >= 4 is 23.7 Å². The maximum atomic E-state index is 12.9. The van der Waals surface area contributed by atoms with Crippen LogP contribution < -0.4 is 15.4 Å². The summed E-state index contributed by atoms with van der Waals surface area (Å²) in [4.78, 5) is 26.2. The van der Waals surface area contributed by atoms with Gasteiger partial charge in [-0.05, 0) is 24.1 Å². The van der Waals surface area contributed by atoms with Crippen LogP contribution >= 0.6 is 11.8 Å². The summed E-state index contributed by atoms with van der Waals surface area (Å²) in [7, 11) is 1.61. The van der Waals surface area contributed by atoms with E-state index in [-0.39, 0.29) is 28.5 Å². The van der Waals surface area contributed by atoms with Gasteiger partial charge in [-0.3, -0.25) is 4.79 Å². The number of piperidine rings is 1. The molecule has 2 aliphatic rings. The molecule has 2 aliphatic heterocycles. The predicted octanol–water partition coefficient (Wildman–Crippen LogP) is 1.17. The molecule has 2 saturated heterocycles. The van der Waals surface area contributed by atoms with Crippen molar-refractivity contribution in [3.63, 3.8) is 0 Å². The van der Waals surface area contributed by atoms with Gasteiger partial charge in [0, 0.05) is 25.6 Å². The quantitative estimate of drug-likeness (QED) is 0.714. The van der Waals surface area contributed by atoms with Crippen molar-refractivity contribution in [2.24, 2.45) is 5.92 Å². The van der Waals surface area contributed by atoms with Crippen LogP contribution in [-0.4, -0.2) is 58.9 Å². The Balaban J connectivity index is 1.66. The molecule has 3 amide bonds. The molecule has 3 rings (SSSR count). The molecule has 2 heterocycles. The Bertz CT molecular complexity index is 654. The Morgan fingerprint density at radius 1 is 1.31 bits per heavy atom. The Kier molecular flexibility index (Phi) is 5.93. The van der Waals surface area contributed by atoms with Crippen LogP contribution in [0.2, 0.25) is 0 Å². The molecule has 8 heteroatoms. The summed E-state index contributed by atoms with van der Waals surface area (Å²) in [5.74, 6) is 0.985. The molecular formula is C18H25N3O4S. The van der Waals surface area contributed by atoms with Crippen molar-refractivity contribution in [3.8, 4) is 5.75 Å². The van der Waals surface area contributed by atoms with E-state index >= 15 is 0 Å². The van der Waals surface area contributed by atoms with Gasteiger partial charge in [-0.2, -0.15) is 0 Å². The highest BCUT2D eigenvalue weighted by Gasteiger charge is 2.37. The summed E-state index contributed by atoms with van der Waals surface area (Å²) in [6.45, 7) is 3.40.